The van der Waals surface area contributed by atoms with Gasteiger partial charge in [0.2, 0.25) is 0 Å². The molecule has 2 atom stereocenters. The molecule has 2 N–H and O–H groups in total. The number of nitrogens with zero attached hydrogens (tertiary/aromatic N) is 1. The molecular weight excluding hydrogens is 260 g/mol. The molecule has 0 radical (unpaired) electrons. The number of nitrogens with one attached hydrogen (secondary N) is 1. The molecule has 0 aromatic carbocycles. The summed E-state index contributed by atoms with van der Waals surface area (Å²) in [5.41, 5.74) is 0. The summed E-state index contributed by atoms with van der Waals surface area (Å²) >= 11 is 0. The molecule has 1 rings (SSSR count). The van der Waals surface area contributed by atoms with E-state index in [1.54, 1.807) is 0 Å². The van der Waals surface area contributed by atoms with Gasteiger partial charge in [0.25, 0.3) is 0 Å². The lowest BCUT2D eigenvalue weighted by Crippen LogP contribution is -2.46. The largest absolute Gasteiger partial charge is 0.480 e. The maximum atomic E-state index is 11.6. The van der Waals surface area contributed by atoms with E-state index in [-0.39, 0.29) is 24.0 Å². The minimum absolute atomic E-state index is 0.0764. The summed E-state index contributed by atoms with van der Waals surface area (Å²) in [5, 5.41) is 11.3. The van der Waals surface area contributed by atoms with Crippen LogP contribution in [0.5, 0.6) is 0 Å². The summed E-state index contributed by atoms with van der Waals surface area (Å²) < 4.78 is 22.4. The van der Waals surface area contributed by atoms with E-state index in [2.05, 4.69) is 5.32 Å². The molecule has 1 saturated heterocycles. The summed E-state index contributed by atoms with van der Waals surface area (Å²) in [6, 6.07) is -1.42. The second-order valence-corrected chi connectivity index (χ2v) is 6.81. The summed E-state index contributed by atoms with van der Waals surface area (Å²) in [7, 11) is -1.56. The number of hydrogen-bond acceptors (Lipinski definition) is 4. The summed E-state index contributed by atoms with van der Waals surface area (Å²) in [5.74, 6) is -0.913. The van der Waals surface area contributed by atoms with Crippen LogP contribution in [0.1, 0.15) is 13.3 Å². The molecule has 2 amide bonds. The lowest BCUT2D eigenvalue weighted by atomic mass is 10.1. The number of amides is 2. The molecule has 7 nitrogen and oxygen atoms in total. The summed E-state index contributed by atoms with van der Waals surface area (Å²) in [6.07, 6.45) is 0.542. The molecule has 1 fully saturated rings. The molecule has 18 heavy (non-hydrogen) atoms. The average Bonchev–Trinajstić information content (AvgIpc) is 2.63. The van der Waals surface area contributed by atoms with Gasteiger partial charge in [-0.1, -0.05) is 0 Å². The Morgan fingerprint density at radius 2 is 2.11 bits per heavy atom. The zero-order valence-corrected chi connectivity index (χ0v) is 11.2. The number of carboxylic acid groups (broad SMARTS) is 1. The highest BCUT2D eigenvalue weighted by Crippen LogP contribution is 2.17. The number of aliphatic carboxylic acids is 1. The highest BCUT2D eigenvalue weighted by Gasteiger charge is 2.29. The highest BCUT2D eigenvalue weighted by atomic mass is 32.2. The van der Waals surface area contributed by atoms with Crippen LogP contribution in [0.4, 0.5) is 4.79 Å². The van der Waals surface area contributed by atoms with E-state index in [0.29, 0.717) is 6.42 Å². The van der Waals surface area contributed by atoms with Gasteiger partial charge in [0.15, 0.2) is 9.84 Å². The Balaban J connectivity index is 2.40. The molecule has 0 aliphatic carbocycles. The maximum Gasteiger partial charge on any atom is 0.326 e. The van der Waals surface area contributed by atoms with E-state index in [0.717, 1.165) is 4.90 Å². The van der Waals surface area contributed by atoms with Gasteiger partial charge in [-0.15, -0.1) is 0 Å². The number of carbonyl (C=O) groups is 2. The number of sulfone groups is 1. The van der Waals surface area contributed by atoms with E-state index in [4.69, 9.17) is 5.11 Å². The molecule has 104 valence electrons. The highest BCUT2D eigenvalue weighted by molar-refractivity contribution is 7.91. The van der Waals surface area contributed by atoms with Crippen LogP contribution in [0, 0.1) is 5.92 Å². The third-order valence-corrected chi connectivity index (χ3v) is 4.96. The minimum atomic E-state index is -2.95. The topological polar surface area (TPSA) is 104 Å². The van der Waals surface area contributed by atoms with Crippen LogP contribution < -0.4 is 5.32 Å². The Kier molecular flexibility index (Phi) is 4.55. The van der Waals surface area contributed by atoms with Crippen LogP contribution >= 0.6 is 0 Å². The van der Waals surface area contributed by atoms with Crippen molar-refractivity contribution in [3.63, 3.8) is 0 Å². The van der Waals surface area contributed by atoms with Crippen molar-refractivity contribution < 1.29 is 23.1 Å². The van der Waals surface area contributed by atoms with Crippen molar-refractivity contribution >= 4 is 21.8 Å². The molecule has 0 aromatic heterocycles. The predicted octanol–water partition coefficient (Wildman–Crippen LogP) is -0.464. The zero-order chi connectivity index (χ0) is 13.9. The van der Waals surface area contributed by atoms with E-state index in [1.165, 1.54) is 14.0 Å². The lowest BCUT2D eigenvalue weighted by Gasteiger charge is -2.22. The SMILES string of the molecule is CC(C(=O)O)N(C)C(=O)NCC1CCS(=O)(=O)C1. The van der Waals surface area contributed by atoms with Crippen molar-refractivity contribution in [3.8, 4) is 0 Å². The predicted molar refractivity (Wildman–Crippen MR) is 65.0 cm³/mol. The third-order valence-electron chi connectivity index (χ3n) is 3.13. The number of urea groups is 1. The van der Waals surface area contributed by atoms with Crippen molar-refractivity contribution in [2.24, 2.45) is 5.92 Å². The summed E-state index contributed by atoms with van der Waals surface area (Å²) in [4.78, 5) is 23.4. The van der Waals surface area contributed by atoms with E-state index in [1.807, 2.05) is 0 Å². The Morgan fingerprint density at radius 3 is 2.56 bits per heavy atom. The van der Waals surface area contributed by atoms with Crippen molar-refractivity contribution in [2.75, 3.05) is 25.1 Å². The van der Waals surface area contributed by atoms with Crippen LogP contribution in [-0.4, -0.2) is 61.6 Å². The Bertz CT molecular complexity index is 434. The van der Waals surface area contributed by atoms with Gasteiger partial charge in [-0.3, -0.25) is 0 Å². The molecule has 0 aromatic rings. The van der Waals surface area contributed by atoms with Crippen LogP contribution in [0.25, 0.3) is 0 Å². The van der Waals surface area contributed by atoms with Crippen molar-refractivity contribution in [1.82, 2.24) is 10.2 Å². The monoisotopic (exact) mass is 278 g/mol. The molecule has 1 heterocycles. The molecule has 2 unspecified atom stereocenters. The normalized spacial score (nSPS) is 23.3. The van der Waals surface area contributed by atoms with Crippen molar-refractivity contribution in [2.45, 2.75) is 19.4 Å². The van der Waals surface area contributed by atoms with Gasteiger partial charge in [0, 0.05) is 13.6 Å². The average molecular weight is 278 g/mol. The van der Waals surface area contributed by atoms with Gasteiger partial charge < -0.3 is 15.3 Å². The first-order valence-corrected chi connectivity index (χ1v) is 7.49. The second-order valence-electron chi connectivity index (χ2n) is 4.58. The molecular formula is C10H18N2O5S. The van der Waals surface area contributed by atoms with Gasteiger partial charge in [-0.05, 0) is 19.3 Å². The maximum absolute atomic E-state index is 11.6. The number of carboxylic acids is 1. The summed E-state index contributed by atoms with van der Waals surface area (Å²) in [6.45, 7) is 1.66. The fourth-order valence-electron chi connectivity index (χ4n) is 1.73. The van der Waals surface area contributed by atoms with Crippen LogP contribution in [0.2, 0.25) is 0 Å². The van der Waals surface area contributed by atoms with Gasteiger partial charge in [-0.25, -0.2) is 18.0 Å². The van der Waals surface area contributed by atoms with E-state index >= 15 is 0 Å². The minimum Gasteiger partial charge on any atom is -0.480 e. The molecule has 8 heteroatoms. The van der Waals surface area contributed by atoms with E-state index in [9.17, 15) is 18.0 Å². The van der Waals surface area contributed by atoms with Crippen LogP contribution in [0.3, 0.4) is 0 Å². The van der Waals surface area contributed by atoms with Crippen LogP contribution in [0.15, 0.2) is 0 Å². The first kappa shape index (κ1) is 14.7. The Hall–Kier alpha value is -1.31. The van der Waals surface area contributed by atoms with Gasteiger partial charge >= 0.3 is 12.0 Å². The smallest absolute Gasteiger partial charge is 0.326 e. The fourth-order valence-corrected chi connectivity index (χ4v) is 3.59. The van der Waals surface area contributed by atoms with Crippen LogP contribution in [-0.2, 0) is 14.6 Å². The van der Waals surface area contributed by atoms with Crippen molar-refractivity contribution in [3.05, 3.63) is 0 Å². The van der Waals surface area contributed by atoms with Gasteiger partial charge in [0.1, 0.15) is 6.04 Å². The third kappa shape index (κ3) is 3.86. The number of carbonyl (C=O) groups excluding carboxylic acids is 1. The molecule has 1 aliphatic rings. The number of likely N-dealkylation sites (N-methyl/N-ethyl adjacent to an activating group) is 1. The van der Waals surface area contributed by atoms with Gasteiger partial charge in [-0.2, -0.15) is 0 Å². The number of rotatable bonds is 4. The molecule has 0 saturated carbocycles. The second kappa shape index (κ2) is 5.55. The quantitative estimate of drug-likeness (QED) is 0.724. The number of hydrogen-bond donors (Lipinski definition) is 2. The Morgan fingerprint density at radius 1 is 1.50 bits per heavy atom. The zero-order valence-electron chi connectivity index (χ0n) is 10.4. The van der Waals surface area contributed by atoms with Gasteiger partial charge in [0.05, 0.1) is 11.5 Å². The fraction of sp³-hybridized carbons (Fsp3) is 0.800. The molecule has 0 bridgehead atoms. The first-order chi connectivity index (χ1) is 8.23. The standard InChI is InChI=1S/C10H18N2O5S/c1-7(9(13)14)12(2)10(15)11-5-8-3-4-18(16,17)6-8/h7-8H,3-6H2,1-2H3,(H,11,15)(H,13,14). The van der Waals surface area contributed by atoms with E-state index < -0.39 is 27.9 Å². The molecule has 1 aliphatic heterocycles. The lowest BCUT2D eigenvalue weighted by molar-refractivity contribution is -0.141. The molecule has 0 spiro atoms. The Labute approximate surface area is 106 Å². The first-order valence-electron chi connectivity index (χ1n) is 5.67. The van der Waals surface area contributed by atoms with Crippen molar-refractivity contribution in [1.29, 1.82) is 0 Å².